The van der Waals surface area contributed by atoms with Crippen molar-refractivity contribution in [2.75, 3.05) is 5.32 Å². The van der Waals surface area contributed by atoms with Crippen molar-refractivity contribution in [1.29, 1.82) is 0 Å². The molecule has 1 heterocycles. The van der Waals surface area contributed by atoms with Crippen LogP contribution in [0.4, 0.5) is 15.8 Å². The van der Waals surface area contributed by atoms with E-state index in [-0.39, 0.29) is 12.4 Å². The highest BCUT2D eigenvalue weighted by atomic mass is 19.1. The first kappa shape index (κ1) is 20.7. The molecular weight excluding hydrogens is 417 g/mol. The summed E-state index contributed by atoms with van der Waals surface area (Å²) in [7, 11) is 0. The lowest BCUT2D eigenvalue weighted by atomic mass is 9.93. The third-order valence-electron chi connectivity index (χ3n) is 6.01. The largest absolute Gasteiger partial charge is 0.392 e. The summed E-state index contributed by atoms with van der Waals surface area (Å²) in [4.78, 5) is 15.5. The zero-order chi connectivity index (χ0) is 23.1. The molecule has 5 aromatic rings. The van der Waals surface area contributed by atoms with Gasteiger partial charge < -0.3 is 21.1 Å². The molecule has 0 bridgehead atoms. The van der Waals surface area contributed by atoms with Crippen molar-refractivity contribution in [1.82, 2.24) is 4.98 Å². The van der Waals surface area contributed by atoms with Gasteiger partial charge in [0, 0.05) is 27.7 Å². The van der Waals surface area contributed by atoms with E-state index in [2.05, 4.69) is 10.3 Å². The lowest BCUT2D eigenvalue weighted by Gasteiger charge is -2.15. The highest BCUT2D eigenvalue weighted by Crippen LogP contribution is 2.39. The first-order valence-electron chi connectivity index (χ1n) is 10.6. The number of fused-ring (bicyclic) bond motifs is 3. The Labute approximate surface area is 189 Å². The number of nitrogens with two attached hydrogens (primary N) is 1. The Kier molecular flexibility index (Phi) is 5.07. The highest BCUT2D eigenvalue weighted by molar-refractivity contribution is 6.20. The highest BCUT2D eigenvalue weighted by Gasteiger charge is 2.18. The second-order valence-corrected chi connectivity index (χ2v) is 8.05. The van der Waals surface area contributed by atoms with Gasteiger partial charge >= 0.3 is 0 Å². The number of carbonyl (C=O) groups is 1. The molecular formula is C27H22FN3O2. The van der Waals surface area contributed by atoms with Crippen LogP contribution in [0.2, 0.25) is 0 Å². The third kappa shape index (κ3) is 3.60. The molecule has 33 heavy (non-hydrogen) atoms. The van der Waals surface area contributed by atoms with E-state index in [9.17, 15) is 14.3 Å². The number of hydrogen-bond acceptors (Lipinski definition) is 3. The number of carbonyl (C=O) groups excluding carboxylic acids is 1. The van der Waals surface area contributed by atoms with Crippen molar-refractivity contribution in [3.63, 3.8) is 0 Å². The molecule has 164 valence electrons. The number of rotatable bonds is 5. The van der Waals surface area contributed by atoms with E-state index >= 15 is 0 Å². The summed E-state index contributed by atoms with van der Waals surface area (Å²) < 4.78 is 13.3. The minimum absolute atomic E-state index is 0.0724. The molecule has 0 saturated heterocycles. The van der Waals surface area contributed by atoms with Crippen molar-refractivity contribution in [3.05, 3.63) is 95.3 Å². The van der Waals surface area contributed by atoms with E-state index in [1.54, 1.807) is 18.2 Å². The predicted octanol–water partition coefficient (Wildman–Crippen LogP) is 5.77. The van der Waals surface area contributed by atoms with Crippen LogP contribution in [-0.4, -0.2) is 16.0 Å². The van der Waals surface area contributed by atoms with Gasteiger partial charge in [0.05, 0.1) is 17.7 Å². The molecule has 5 nitrogen and oxygen atoms in total. The third-order valence-corrected chi connectivity index (χ3v) is 6.01. The second-order valence-electron chi connectivity index (χ2n) is 8.05. The van der Waals surface area contributed by atoms with Crippen molar-refractivity contribution in [2.45, 2.75) is 13.5 Å². The molecule has 5 rings (SSSR count). The van der Waals surface area contributed by atoms with Crippen LogP contribution in [0, 0.1) is 12.7 Å². The topological polar surface area (TPSA) is 91.1 Å². The molecule has 0 spiro atoms. The maximum Gasteiger partial charge on any atom is 0.250 e. The molecule has 1 aromatic heterocycles. The van der Waals surface area contributed by atoms with E-state index < -0.39 is 5.91 Å². The monoisotopic (exact) mass is 439 g/mol. The number of amides is 1. The van der Waals surface area contributed by atoms with Gasteiger partial charge in [0.2, 0.25) is 0 Å². The number of aromatic nitrogens is 1. The van der Waals surface area contributed by atoms with Crippen LogP contribution < -0.4 is 11.1 Å². The molecule has 4 aromatic carbocycles. The van der Waals surface area contributed by atoms with Crippen LogP contribution in [0.25, 0.3) is 32.9 Å². The standard InChI is InChI=1S/C27H22FN3O2/c1-15-19(3-2-4-23(15)30-18-8-6-17(28)7-9-18)20-11-12-22(27(29)33)26-25(20)21-10-5-16(14-32)13-24(21)31-26/h2-13,30-32H,14H2,1H3,(H2,29,33). The van der Waals surface area contributed by atoms with Crippen LogP contribution in [0.3, 0.4) is 0 Å². The normalized spacial score (nSPS) is 11.2. The summed E-state index contributed by atoms with van der Waals surface area (Å²) in [5.74, 6) is -0.796. The van der Waals surface area contributed by atoms with E-state index in [0.717, 1.165) is 49.9 Å². The number of halogens is 1. The van der Waals surface area contributed by atoms with Crippen molar-refractivity contribution >= 4 is 39.1 Å². The lowest BCUT2D eigenvalue weighted by Crippen LogP contribution is -2.11. The predicted molar refractivity (Wildman–Crippen MR) is 130 cm³/mol. The fraction of sp³-hybridized carbons (Fsp3) is 0.0741. The Bertz CT molecular complexity index is 1520. The number of aliphatic hydroxyl groups excluding tert-OH is 1. The summed E-state index contributed by atoms with van der Waals surface area (Å²) in [5, 5.41) is 14.7. The number of H-pyrrole nitrogens is 1. The molecule has 0 aliphatic rings. The van der Waals surface area contributed by atoms with Gasteiger partial charge in [0.1, 0.15) is 5.82 Å². The number of benzene rings is 4. The zero-order valence-corrected chi connectivity index (χ0v) is 17.9. The molecule has 0 aliphatic carbocycles. The van der Waals surface area contributed by atoms with Gasteiger partial charge in [-0.05, 0) is 71.6 Å². The fourth-order valence-electron chi connectivity index (χ4n) is 4.34. The minimum Gasteiger partial charge on any atom is -0.392 e. The quantitative estimate of drug-likeness (QED) is 0.280. The van der Waals surface area contributed by atoms with Gasteiger partial charge in [-0.25, -0.2) is 4.39 Å². The van der Waals surface area contributed by atoms with E-state index in [1.165, 1.54) is 12.1 Å². The molecule has 0 fully saturated rings. The fourth-order valence-corrected chi connectivity index (χ4v) is 4.34. The maximum atomic E-state index is 13.3. The molecule has 0 atom stereocenters. The van der Waals surface area contributed by atoms with Crippen molar-refractivity contribution in [3.8, 4) is 11.1 Å². The number of primary amides is 1. The SMILES string of the molecule is Cc1c(Nc2ccc(F)cc2)cccc1-c1ccc(C(N)=O)c2[nH]c3cc(CO)ccc3c12. The zero-order valence-electron chi connectivity index (χ0n) is 17.9. The van der Waals surface area contributed by atoms with Crippen LogP contribution in [0.15, 0.2) is 72.8 Å². The Hall–Kier alpha value is -4.16. The molecule has 0 aliphatic heterocycles. The summed E-state index contributed by atoms with van der Waals surface area (Å²) in [6, 6.07) is 21.5. The molecule has 0 radical (unpaired) electrons. The Morgan fingerprint density at radius 1 is 1.03 bits per heavy atom. The summed E-state index contributed by atoms with van der Waals surface area (Å²) in [6.07, 6.45) is 0. The van der Waals surface area contributed by atoms with Gasteiger partial charge in [-0.1, -0.05) is 30.3 Å². The summed E-state index contributed by atoms with van der Waals surface area (Å²) >= 11 is 0. The molecule has 5 N–H and O–H groups in total. The second kappa shape index (κ2) is 8.07. The van der Waals surface area contributed by atoms with Gasteiger partial charge in [-0.15, -0.1) is 0 Å². The van der Waals surface area contributed by atoms with Crippen LogP contribution in [0.1, 0.15) is 21.5 Å². The number of aliphatic hydroxyl groups is 1. The Balaban J connectivity index is 1.72. The van der Waals surface area contributed by atoms with E-state index in [4.69, 9.17) is 5.73 Å². The molecule has 6 heteroatoms. The van der Waals surface area contributed by atoms with E-state index in [1.807, 2.05) is 49.4 Å². The number of anilines is 2. The lowest BCUT2D eigenvalue weighted by molar-refractivity contribution is 0.100. The van der Waals surface area contributed by atoms with Gasteiger partial charge in [0.15, 0.2) is 0 Å². The number of hydrogen-bond donors (Lipinski definition) is 4. The number of aromatic amines is 1. The smallest absolute Gasteiger partial charge is 0.250 e. The summed E-state index contributed by atoms with van der Waals surface area (Å²) in [5.41, 5.74) is 13.0. The van der Waals surface area contributed by atoms with Crippen molar-refractivity contribution in [2.24, 2.45) is 5.73 Å². The Morgan fingerprint density at radius 3 is 2.55 bits per heavy atom. The van der Waals surface area contributed by atoms with Gasteiger partial charge in [-0.2, -0.15) is 0 Å². The average Bonchev–Trinajstić information content (AvgIpc) is 3.20. The first-order chi connectivity index (χ1) is 16.0. The van der Waals surface area contributed by atoms with Crippen LogP contribution in [-0.2, 0) is 6.61 Å². The van der Waals surface area contributed by atoms with E-state index in [0.29, 0.717) is 11.1 Å². The maximum absolute atomic E-state index is 13.3. The summed E-state index contributed by atoms with van der Waals surface area (Å²) in [6.45, 7) is 1.95. The van der Waals surface area contributed by atoms with Crippen molar-refractivity contribution < 1.29 is 14.3 Å². The van der Waals surface area contributed by atoms with Crippen LogP contribution >= 0.6 is 0 Å². The number of nitrogens with one attached hydrogen (secondary N) is 2. The first-order valence-corrected chi connectivity index (χ1v) is 10.6. The van der Waals surface area contributed by atoms with Crippen LogP contribution in [0.5, 0.6) is 0 Å². The van der Waals surface area contributed by atoms with Gasteiger partial charge in [0.25, 0.3) is 5.91 Å². The average molecular weight is 439 g/mol. The molecule has 0 saturated carbocycles. The Morgan fingerprint density at radius 2 is 1.82 bits per heavy atom. The minimum atomic E-state index is -0.510. The molecule has 1 amide bonds. The van der Waals surface area contributed by atoms with Gasteiger partial charge in [-0.3, -0.25) is 4.79 Å². The molecule has 0 unspecified atom stereocenters.